The number of benzene rings is 1. The first-order valence-electron chi connectivity index (χ1n) is 7.62. The molecule has 108 valence electrons. The van der Waals surface area contributed by atoms with Crippen LogP contribution in [0.2, 0.25) is 0 Å². The van der Waals surface area contributed by atoms with E-state index in [0.29, 0.717) is 17.8 Å². The van der Waals surface area contributed by atoms with Crippen molar-refractivity contribution in [1.29, 1.82) is 5.26 Å². The molecule has 0 spiro atoms. The number of nitrogens with zero attached hydrogens (tertiary/aromatic N) is 4. The van der Waals surface area contributed by atoms with Crippen molar-refractivity contribution in [3.8, 4) is 6.07 Å². The largest absolute Gasteiger partial charge is 0.346 e. The summed E-state index contributed by atoms with van der Waals surface area (Å²) in [5.74, 6) is 0.829. The Hall–Kier alpha value is -2.67. The molecule has 0 aliphatic carbocycles. The minimum Gasteiger partial charge on any atom is -0.346 e. The molecular weight excluding hydrogens is 272 g/mol. The summed E-state index contributed by atoms with van der Waals surface area (Å²) in [6.07, 6.45) is 8.97. The Kier molecular flexibility index (Phi) is 3.12. The third-order valence-corrected chi connectivity index (χ3v) is 4.54. The average molecular weight is 288 g/mol. The molecule has 4 rings (SSSR count). The van der Waals surface area contributed by atoms with Crippen LogP contribution < -0.4 is 4.90 Å². The maximum atomic E-state index is 9.02. The van der Waals surface area contributed by atoms with E-state index in [1.165, 1.54) is 17.3 Å². The number of hydrogen-bond donors (Lipinski definition) is 0. The Labute approximate surface area is 129 Å². The summed E-state index contributed by atoms with van der Waals surface area (Å²) in [7, 11) is 0. The van der Waals surface area contributed by atoms with E-state index in [9.17, 15) is 0 Å². The molecular formula is C18H16N4. The van der Waals surface area contributed by atoms with Crippen molar-refractivity contribution in [3.05, 3.63) is 60.1 Å². The van der Waals surface area contributed by atoms with Gasteiger partial charge in [0.2, 0.25) is 0 Å². The van der Waals surface area contributed by atoms with Crippen LogP contribution in [0.3, 0.4) is 0 Å². The predicted octanol–water partition coefficient (Wildman–Crippen LogP) is 3.17. The summed E-state index contributed by atoms with van der Waals surface area (Å²) >= 11 is 0. The number of fused-ring (bicyclic) bond motifs is 2. The number of hydrogen-bond acceptors (Lipinski definition) is 4. The van der Waals surface area contributed by atoms with Crippen molar-refractivity contribution in [2.24, 2.45) is 0 Å². The molecule has 2 aliphatic heterocycles. The summed E-state index contributed by atoms with van der Waals surface area (Å²) < 4.78 is 0. The number of aromatic nitrogens is 2. The molecule has 3 heterocycles. The van der Waals surface area contributed by atoms with Gasteiger partial charge in [-0.05, 0) is 30.4 Å². The fourth-order valence-electron chi connectivity index (χ4n) is 3.59. The first kappa shape index (κ1) is 13.0. The van der Waals surface area contributed by atoms with Crippen LogP contribution in [0.5, 0.6) is 0 Å². The first-order valence-corrected chi connectivity index (χ1v) is 7.62. The molecule has 4 nitrogen and oxygen atoms in total. The van der Waals surface area contributed by atoms with Crippen LogP contribution in [-0.2, 0) is 0 Å². The quantitative estimate of drug-likeness (QED) is 0.851. The summed E-state index contributed by atoms with van der Waals surface area (Å²) in [5, 5.41) is 9.02. The van der Waals surface area contributed by atoms with E-state index in [-0.39, 0.29) is 0 Å². The van der Waals surface area contributed by atoms with Crippen molar-refractivity contribution >= 4 is 11.4 Å². The lowest BCUT2D eigenvalue weighted by Crippen LogP contribution is -2.39. The second-order valence-electron chi connectivity index (χ2n) is 5.84. The average Bonchev–Trinajstić information content (AvgIpc) is 2.85. The third-order valence-electron chi connectivity index (χ3n) is 4.54. The monoisotopic (exact) mass is 288 g/mol. The van der Waals surface area contributed by atoms with Gasteiger partial charge in [-0.1, -0.05) is 36.4 Å². The van der Waals surface area contributed by atoms with Crippen molar-refractivity contribution in [2.45, 2.75) is 31.3 Å². The fraction of sp³-hybridized carbons (Fsp3) is 0.278. The van der Waals surface area contributed by atoms with E-state index in [0.717, 1.165) is 25.1 Å². The van der Waals surface area contributed by atoms with Gasteiger partial charge in [0.05, 0.1) is 12.4 Å². The highest BCUT2D eigenvalue weighted by Gasteiger charge is 2.37. The number of nitriles is 1. The second kappa shape index (κ2) is 5.27. The highest BCUT2D eigenvalue weighted by molar-refractivity contribution is 5.70. The molecule has 0 saturated carbocycles. The van der Waals surface area contributed by atoms with Gasteiger partial charge >= 0.3 is 0 Å². The van der Waals surface area contributed by atoms with Crippen molar-refractivity contribution in [2.75, 3.05) is 4.90 Å². The molecule has 2 aromatic rings. The van der Waals surface area contributed by atoms with Gasteiger partial charge in [0.1, 0.15) is 11.9 Å². The Bertz CT molecular complexity index is 760. The molecule has 1 aromatic carbocycles. The molecule has 4 heteroatoms. The lowest BCUT2D eigenvalue weighted by Gasteiger charge is -2.35. The topological polar surface area (TPSA) is 52.8 Å². The van der Waals surface area contributed by atoms with Crippen LogP contribution in [0.15, 0.2) is 48.8 Å². The molecule has 1 aromatic heterocycles. The number of anilines is 1. The Morgan fingerprint density at radius 3 is 2.77 bits per heavy atom. The molecule has 1 fully saturated rings. The van der Waals surface area contributed by atoms with Crippen LogP contribution in [-0.4, -0.2) is 22.1 Å². The summed E-state index contributed by atoms with van der Waals surface area (Å²) in [6.45, 7) is 0. The first-order chi connectivity index (χ1) is 10.8. The van der Waals surface area contributed by atoms with E-state index in [1.807, 2.05) is 0 Å². The van der Waals surface area contributed by atoms with E-state index >= 15 is 0 Å². The molecule has 0 amide bonds. The molecule has 2 atom stereocenters. The van der Waals surface area contributed by atoms with Gasteiger partial charge in [-0.25, -0.2) is 4.98 Å². The molecule has 2 aliphatic rings. The SMILES string of the molecule is N#Cc1cncc(N2C3C=C(c4ccccc4)CC2CC3)n1. The predicted molar refractivity (Wildman–Crippen MR) is 85.1 cm³/mol. The highest BCUT2D eigenvalue weighted by Crippen LogP contribution is 2.40. The van der Waals surface area contributed by atoms with E-state index in [2.05, 4.69) is 57.3 Å². The van der Waals surface area contributed by atoms with Crippen molar-refractivity contribution < 1.29 is 0 Å². The van der Waals surface area contributed by atoms with Gasteiger partial charge in [0, 0.05) is 12.1 Å². The van der Waals surface area contributed by atoms with Gasteiger partial charge in [-0.2, -0.15) is 5.26 Å². The van der Waals surface area contributed by atoms with Gasteiger partial charge in [0.25, 0.3) is 0 Å². The van der Waals surface area contributed by atoms with Crippen LogP contribution in [0.1, 0.15) is 30.5 Å². The van der Waals surface area contributed by atoms with E-state index in [1.54, 1.807) is 6.20 Å². The minimum atomic E-state index is 0.359. The Morgan fingerprint density at radius 2 is 2.00 bits per heavy atom. The lowest BCUT2D eigenvalue weighted by atomic mass is 9.95. The van der Waals surface area contributed by atoms with Gasteiger partial charge in [-0.15, -0.1) is 0 Å². The Balaban J connectivity index is 1.68. The molecule has 1 saturated heterocycles. The van der Waals surface area contributed by atoms with Crippen LogP contribution in [0, 0.1) is 11.3 Å². The molecule has 2 bridgehead atoms. The van der Waals surface area contributed by atoms with E-state index < -0.39 is 0 Å². The smallest absolute Gasteiger partial charge is 0.161 e. The van der Waals surface area contributed by atoms with Crippen molar-refractivity contribution in [3.63, 3.8) is 0 Å². The van der Waals surface area contributed by atoms with Gasteiger partial charge < -0.3 is 4.90 Å². The second-order valence-corrected chi connectivity index (χ2v) is 5.84. The zero-order valence-electron chi connectivity index (χ0n) is 12.2. The Morgan fingerprint density at radius 1 is 1.14 bits per heavy atom. The molecule has 0 N–H and O–H groups in total. The standard InChI is InChI=1S/C18H16N4/c19-10-15-11-20-12-18(21-15)22-16-6-7-17(22)9-14(8-16)13-4-2-1-3-5-13/h1-5,8,11-12,16-17H,6-7,9H2. The molecule has 0 radical (unpaired) electrons. The zero-order valence-corrected chi connectivity index (χ0v) is 12.2. The molecule has 2 unspecified atom stereocenters. The normalized spacial score (nSPS) is 23.0. The van der Waals surface area contributed by atoms with Gasteiger partial charge in [0.15, 0.2) is 5.69 Å². The van der Waals surface area contributed by atoms with Crippen LogP contribution in [0.25, 0.3) is 5.57 Å². The lowest BCUT2D eigenvalue weighted by molar-refractivity contribution is 0.648. The summed E-state index contributed by atoms with van der Waals surface area (Å²) in [5.41, 5.74) is 3.12. The number of rotatable bonds is 2. The minimum absolute atomic E-state index is 0.359. The summed E-state index contributed by atoms with van der Waals surface area (Å²) in [4.78, 5) is 10.9. The maximum Gasteiger partial charge on any atom is 0.161 e. The fourth-order valence-corrected chi connectivity index (χ4v) is 3.59. The van der Waals surface area contributed by atoms with Crippen molar-refractivity contribution in [1.82, 2.24) is 9.97 Å². The van der Waals surface area contributed by atoms with Gasteiger partial charge in [-0.3, -0.25) is 4.98 Å². The molecule has 22 heavy (non-hydrogen) atoms. The van der Waals surface area contributed by atoms with Crippen LogP contribution in [0.4, 0.5) is 5.82 Å². The zero-order chi connectivity index (χ0) is 14.9. The van der Waals surface area contributed by atoms with E-state index in [4.69, 9.17) is 5.26 Å². The van der Waals surface area contributed by atoms with Crippen LogP contribution >= 0.6 is 0 Å². The highest BCUT2D eigenvalue weighted by atomic mass is 15.3. The maximum absolute atomic E-state index is 9.02. The summed E-state index contributed by atoms with van der Waals surface area (Å²) in [6, 6.07) is 13.5. The third kappa shape index (κ3) is 2.15.